The number of rotatable bonds is 2. The summed E-state index contributed by atoms with van der Waals surface area (Å²) in [4.78, 5) is 14.8. The predicted molar refractivity (Wildman–Crippen MR) is 83.7 cm³/mol. The van der Waals surface area contributed by atoms with Crippen LogP contribution >= 0.6 is 0 Å². The number of nitrogens with zero attached hydrogens (tertiary/aromatic N) is 1. The number of hydrogen-bond donors (Lipinski definition) is 0. The number of ketones is 1. The molecule has 4 heteroatoms. The van der Waals surface area contributed by atoms with E-state index in [9.17, 15) is 4.79 Å². The standard InChI is InChI=1S/C18H23NO3/c1-18-11-6-7-13(20)17(18)22-16-14(21-4)8-5-10(15(16)18)9-12(11)19(2)3/h5,8,11-12,17H,6-7,9H2,1-4H3/t11?,12-,17+,18+/m1/s1. The Morgan fingerprint density at radius 1 is 1.36 bits per heavy atom. The zero-order chi connectivity index (χ0) is 15.6. The summed E-state index contributed by atoms with van der Waals surface area (Å²) in [6, 6.07) is 4.59. The second-order valence-corrected chi connectivity index (χ2v) is 7.26. The fraction of sp³-hybridized carbons (Fsp3) is 0.611. The molecule has 0 spiro atoms. The molecule has 0 saturated heterocycles. The molecule has 0 aromatic heterocycles. The Bertz CT molecular complexity index is 654. The van der Waals surface area contributed by atoms with Crippen LogP contribution in [0.1, 0.15) is 30.9 Å². The maximum atomic E-state index is 12.5. The Balaban J connectivity index is 1.97. The summed E-state index contributed by atoms with van der Waals surface area (Å²) in [6.07, 6.45) is 2.25. The largest absolute Gasteiger partial charge is 0.493 e. The smallest absolute Gasteiger partial charge is 0.174 e. The molecule has 2 aliphatic carbocycles. The number of carbonyl (C=O) groups excluding carboxylic acids is 1. The number of likely N-dealkylation sites (N-methyl/N-ethyl adjacent to an activating group) is 1. The molecule has 118 valence electrons. The minimum Gasteiger partial charge on any atom is -0.493 e. The number of methoxy groups -OCH3 is 1. The SMILES string of the molecule is COc1ccc2c3c1O[C@H]1C(=O)CCC([C@H](N(C)C)C2)[C@@]31C. The highest BCUT2D eigenvalue weighted by Gasteiger charge is 2.61. The number of benzene rings is 1. The van der Waals surface area contributed by atoms with Gasteiger partial charge in [-0.2, -0.15) is 0 Å². The van der Waals surface area contributed by atoms with Crippen molar-refractivity contribution in [1.29, 1.82) is 0 Å². The van der Waals surface area contributed by atoms with Gasteiger partial charge in [0.25, 0.3) is 0 Å². The van der Waals surface area contributed by atoms with Crippen molar-refractivity contribution in [1.82, 2.24) is 4.90 Å². The third-order valence-electron chi connectivity index (χ3n) is 6.07. The van der Waals surface area contributed by atoms with Crippen molar-refractivity contribution in [3.05, 3.63) is 23.3 Å². The van der Waals surface area contributed by atoms with Crippen molar-refractivity contribution in [3.63, 3.8) is 0 Å². The van der Waals surface area contributed by atoms with Crippen molar-refractivity contribution in [2.75, 3.05) is 21.2 Å². The summed E-state index contributed by atoms with van der Waals surface area (Å²) in [5.41, 5.74) is 2.32. The topological polar surface area (TPSA) is 38.8 Å². The number of hydrogen-bond acceptors (Lipinski definition) is 4. The van der Waals surface area contributed by atoms with Crippen LogP contribution in [0.3, 0.4) is 0 Å². The number of carbonyl (C=O) groups is 1. The lowest BCUT2D eigenvalue weighted by Gasteiger charge is -2.50. The van der Waals surface area contributed by atoms with Crippen LogP contribution < -0.4 is 9.47 Å². The first kappa shape index (κ1) is 14.1. The van der Waals surface area contributed by atoms with E-state index in [1.54, 1.807) is 7.11 Å². The maximum absolute atomic E-state index is 12.5. The van der Waals surface area contributed by atoms with Crippen LogP contribution in [0.5, 0.6) is 11.5 Å². The average Bonchev–Trinajstić information content (AvgIpc) is 2.81. The summed E-state index contributed by atoms with van der Waals surface area (Å²) >= 11 is 0. The fourth-order valence-corrected chi connectivity index (χ4v) is 5.02. The molecule has 4 atom stereocenters. The van der Waals surface area contributed by atoms with Crippen LogP contribution in [-0.4, -0.2) is 44.0 Å². The highest BCUT2D eigenvalue weighted by Crippen LogP contribution is 2.59. The molecule has 1 saturated carbocycles. The molecule has 0 N–H and O–H groups in total. The molecule has 1 aliphatic heterocycles. The Kier molecular flexibility index (Phi) is 2.86. The van der Waals surface area contributed by atoms with Gasteiger partial charge in [-0.15, -0.1) is 0 Å². The van der Waals surface area contributed by atoms with Crippen molar-refractivity contribution >= 4 is 5.78 Å². The van der Waals surface area contributed by atoms with E-state index < -0.39 is 0 Å². The van der Waals surface area contributed by atoms with Gasteiger partial charge in [0.2, 0.25) is 0 Å². The van der Waals surface area contributed by atoms with E-state index >= 15 is 0 Å². The molecule has 1 aromatic rings. The normalized spacial score (nSPS) is 35.3. The second-order valence-electron chi connectivity index (χ2n) is 7.26. The third kappa shape index (κ3) is 1.54. The number of ether oxygens (including phenoxy) is 2. The van der Waals surface area contributed by atoms with Gasteiger partial charge in [0.05, 0.1) is 7.11 Å². The molecular formula is C18H23NO3. The summed E-state index contributed by atoms with van der Waals surface area (Å²) < 4.78 is 11.7. The van der Waals surface area contributed by atoms with Crippen LogP contribution in [0, 0.1) is 5.92 Å². The number of Topliss-reactive ketones (excluding diaryl/α,β-unsaturated/α-hetero) is 1. The molecule has 1 fully saturated rings. The van der Waals surface area contributed by atoms with Crippen molar-refractivity contribution < 1.29 is 14.3 Å². The van der Waals surface area contributed by atoms with Gasteiger partial charge in [0.1, 0.15) is 0 Å². The Hall–Kier alpha value is -1.55. The molecule has 4 rings (SSSR count). The van der Waals surface area contributed by atoms with Crippen LogP contribution in [0.2, 0.25) is 0 Å². The van der Waals surface area contributed by atoms with Gasteiger partial charge in [-0.05, 0) is 44.5 Å². The van der Waals surface area contributed by atoms with Crippen molar-refractivity contribution in [3.8, 4) is 11.5 Å². The summed E-state index contributed by atoms with van der Waals surface area (Å²) in [5, 5.41) is 0. The van der Waals surface area contributed by atoms with Gasteiger partial charge in [-0.25, -0.2) is 0 Å². The van der Waals surface area contributed by atoms with Crippen molar-refractivity contribution in [2.45, 2.75) is 43.7 Å². The van der Waals surface area contributed by atoms with Crippen molar-refractivity contribution in [2.24, 2.45) is 5.92 Å². The van der Waals surface area contributed by atoms with E-state index in [0.717, 1.165) is 24.3 Å². The first-order valence-corrected chi connectivity index (χ1v) is 8.04. The first-order valence-electron chi connectivity index (χ1n) is 8.04. The third-order valence-corrected chi connectivity index (χ3v) is 6.07. The predicted octanol–water partition coefficient (Wildman–Crippen LogP) is 2.18. The quantitative estimate of drug-likeness (QED) is 0.839. The zero-order valence-corrected chi connectivity index (χ0v) is 13.7. The molecule has 0 radical (unpaired) electrons. The fourth-order valence-electron chi connectivity index (χ4n) is 5.02. The zero-order valence-electron chi connectivity index (χ0n) is 13.7. The Labute approximate surface area is 131 Å². The van der Waals surface area contributed by atoms with Gasteiger partial charge in [0, 0.05) is 23.4 Å². The molecular weight excluding hydrogens is 278 g/mol. The van der Waals surface area contributed by atoms with Crippen LogP contribution in [-0.2, 0) is 16.6 Å². The van der Waals surface area contributed by atoms with E-state index in [1.807, 2.05) is 6.07 Å². The Morgan fingerprint density at radius 2 is 2.14 bits per heavy atom. The molecule has 4 nitrogen and oxygen atoms in total. The lowest BCUT2D eigenvalue weighted by molar-refractivity contribution is -0.133. The monoisotopic (exact) mass is 301 g/mol. The van der Waals surface area contributed by atoms with Gasteiger partial charge < -0.3 is 14.4 Å². The van der Waals surface area contributed by atoms with Gasteiger partial charge in [-0.3, -0.25) is 4.79 Å². The molecule has 0 amide bonds. The minimum atomic E-state index is -0.348. The summed E-state index contributed by atoms with van der Waals surface area (Å²) in [5.74, 6) is 2.25. The highest BCUT2D eigenvalue weighted by molar-refractivity contribution is 5.88. The molecule has 1 aromatic carbocycles. The summed E-state index contributed by atoms with van der Waals surface area (Å²) in [6.45, 7) is 2.23. The lowest BCUT2D eigenvalue weighted by atomic mass is 9.55. The molecule has 0 bridgehead atoms. The maximum Gasteiger partial charge on any atom is 0.174 e. The van der Waals surface area contributed by atoms with Gasteiger partial charge in [0.15, 0.2) is 23.4 Å². The van der Waals surface area contributed by atoms with Crippen LogP contribution in [0.15, 0.2) is 12.1 Å². The van der Waals surface area contributed by atoms with Crippen LogP contribution in [0.4, 0.5) is 0 Å². The highest BCUT2D eigenvalue weighted by atomic mass is 16.5. The minimum absolute atomic E-state index is 0.221. The molecule has 1 heterocycles. The first-order chi connectivity index (χ1) is 10.5. The summed E-state index contributed by atoms with van der Waals surface area (Å²) in [7, 11) is 5.95. The molecule has 22 heavy (non-hydrogen) atoms. The lowest BCUT2D eigenvalue weighted by Crippen LogP contribution is -2.59. The van der Waals surface area contributed by atoms with E-state index in [0.29, 0.717) is 18.4 Å². The average molecular weight is 301 g/mol. The second kappa shape index (κ2) is 4.48. The van der Waals surface area contributed by atoms with E-state index in [4.69, 9.17) is 9.47 Å². The Morgan fingerprint density at radius 3 is 2.82 bits per heavy atom. The van der Waals surface area contributed by atoms with Crippen LogP contribution in [0.25, 0.3) is 0 Å². The molecule has 1 unspecified atom stereocenters. The molecule has 3 aliphatic rings. The van der Waals surface area contributed by atoms with E-state index in [2.05, 4.69) is 32.0 Å². The van der Waals surface area contributed by atoms with Gasteiger partial charge in [-0.1, -0.05) is 13.0 Å². The van der Waals surface area contributed by atoms with E-state index in [-0.39, 0.29) is 17.3 Å². The van der Waals surface area contributed by atoms with Gasteiger partial charge >= 0.3 is 0 Å². The van der Waals surface area contributed by atoms with E-state index in [1.165, 1.54) is 11.1 Å².